The molecule has 108 valence electrons. The molecular weight excluding hydrogens is 271 g/mol. The molecular formula is C14H14F3NO2. The molecule has 2 atom stereocenters. The van der Waals surface area contributed by atoms with Crippen LogP contribution in [-0.4, -0.2) is 16.7 Å². The standard InChI is InChI=1S/C14H14F3NO2/c1-8-9(2)13(20)18(12(8)19)7-10-5-3-4-6-11(10)14(15,16)17/h3-6,8-9H,7H2,1-2H3. The van der Waals surface area contributed by atoms with Gasteiger partial charge in [-0.3, -0.25) is 14.5 Å². The Morgan fingerprint density at radius 3 is 2.05 bits per heavy atom. The summed E-state index contributed by atoms with van der Waals surface area (Å²) in [5.74, 6) is -1.81. The zero-order valence-corrected chi connectivity index (χ0v) is 11.1. The highest BCUT2D eigenvalue weighted by Crippen LogP contribution is 2.34. The second-order valence-corrected chi connectivity index (χ2v) is 4.99. The molecule has 1 heterocycles. The van der Waals surface area contributed by atoms with Crippen LogP contribution in [0.15, 0.2) is 24.3 Å². The Kier molecular flexibility index (Phi) is 3.58. The molecule has 1 aromatic carbocycles. The van der Waals surface area contributed by atoms with Gasteiger partial charge in [0.25, 0.3) is 0 Å². The van der Waals surface area contributed by atoms with E-state index in [-0.39, 0.29) is 12.1 Å². The van der Waals surface area contributed by atoms with Crippen LogP contribution in [0.2, 0.25) is 0 Å². The molecule has 0 aromatic heterocycles. The van der Waals surface area contributed by atoms with E-state index in [0.717, 1.165) is 11.0 Å². The molecule has 0 N–H and O–H groups in total. The summed E-state index contributed by atoms with van der Waals surface area (Å²) in [6.07, 6.45) is -4.50. The number of carbonyl (C=O) groups excluding carboxylic acids is 2. The van der Waals surface area contributed by atoms with Gasteiger partial charge < -0.3 is 0 Å². The number of likely N-dealkylation sites (tertiary alicyclic amines) is 1. The number of carbonyl (C=O) groups is 2. The number of alkyl halides is 3. The number of rotatable bonds is 2. The minimum Gasteiger partial charge on any atom is -0.278 e. The van der Waals surface area contributed by atoms with Crippen molar-refractivity contribution in [3.63, 3.8) is 0 Å². The molecule has 0 radical (unpaired) electrons. The van der Waals surface area contributed by atoms with Gasteiger partial charge in [0.2, 0.25) is 11.8 Å². The van der Waals surface area contributed by atoms with E-state index >= 15 is 0 Å². The van der Waals surface area contributed by atoms with Crippen LogP contribution < -0.4 is 0 Å². The van der Waals surface area contributed by atoms with Gasteiger partial charge in [-0.25, -0.2) is 0 Å². The third-order valence-corrected chi connectivity index (χ3v) is 3.71. The van der Waals surface area contributed by atoms with Crippen molar-refractivity contribution in [1.29, 1.82) is 0 Å². The molecule has 1 fully saturated rings. The van der Waals surface area contributed by atoms with E-state index in [2.05, 4.69) is 0 Å². The molecule has 1 aliphatic heterocycles. The molecule has 0 bridgehead atoms. The van der Waals surface area contributed by atoms with Crippen LogP contribution in [0.3, 0.4) is 0 Å². The molecule has 6 heteroatoms. The Morgan fingerprint density at radius 2 is 1.55 bits per heavy atom. The van der Waals surface area contributed by atoms with Gasteiger partial charge in [-0.15, -0.1) is 0 Å². The van der Waals surface area contributed by atoms with Gasteiger partial charge in [0.1, 0.15) is 0 Å². The summed E-state index contributed by atoms with van der Waals surface area (Å²) in [6, 6.07) is 4.98. The van der Waals surface area contributed by atoms with Crippen molar-refractivity contribution >= 4 is 11.8 Å². The highest BCUT2D eigenvalue weighted by atomic mass is 19.4. The summed E-state index contributed by atoms with van der Waals surface area (Å²) < 4.78 is 38.6. The highest BCUT2D eigenvalue weighted by molar-refractivity contribution is 6.04. The fourth-order valence-corrected chi connectivity index (χ4v) is 2.29. The number of benzene rings is 1. The number of imide groups is 1. The Hall–Kier alpha value is -1.85. The third kappa shape index (κ3) is 2.42. The van der Waals surface area contributed by atoms with Gasteiger partial charge in [0, 0.05) is 11.8 Å². The normalized spacial score (nSPS) is 23.6. The van der Waals surface area contributed by atoms with Gasteiger partial charge >= 0.3 is 6.18 Å². The number of hydrogen-bond acceptors (Lipinski definition) is 2. The van der Waals surface area contributed by atoms with E-state index in [1.165, 1.54) is 18.2 Å². The molecule has 2 amide bonds. The number of hydrogen-bond donors (Lipinski definition) is 0. The Morgan fingerprint density at radius 1 is 1.05 bits per heavy atom. The molecule has 1 saturated heterocycles. The first kappa shape index (κ1) is 14.6. The first-order valence-corrected chi connectivity index (χ1v) is 6.23. The Balaban J connectivity index is 2.32. The minimum absolute atomic E-state index is 0.0667. The summed E-state index contributed by atoms with van der Waals surface area (Å²) in [7, 11) is 0. The molecule has 1 aromatic rings. The van der Waals surface area contributed by atoms with Crippen molar-refractivity contribution in [2.75, 3.05) is 0 Å². The second-order valence-electron chi connectivity index (χ2n) is 4.99. The summed E-state index contributed by atoms with van der Waals surface area (Å²) in [6.45, 7) is 2.89. The highest BCUT2D eigenvalue weighted by Gasteiger charge is 2.43. The third-order valence-electron chi connectivity index (χ3n) is 3.71. The van der Waals surface area contributed by atoms with Gasteiger partial charge in [-0.05, 0) is 11.6 Å². The summed E-state index contributed by atoms with van der Waals surface area (Å²) in [5, 5.41) is 0. The molecule has 2 rings (SSSR count). The quantitative estimate of drug-likeness (QED) is 0.784. The van der Waals surface area contributed by atoms with E-state index in [4.69, 9.17) is 0 Å². The zero-order valence-electron chi connectivity index (χ0n) is 11.1. The number of nitrogens with zero attached hydrogens (tertiary/aromatic N) is 1. The van der Waals surface area contributed by atoms with Crippen molar-refractivity contribution in [3.05, 3.63) is 35.4 Å². The molecule has 20 heavy (non-hydrogen) atoms. The van der Waals surface area contributed by atoms with Gasteiger partial charge in [0.15, 0.2) is 0 Å². The van der Waals surface area contributed by atoms with Crippen LogP contribution in [0.4, 0.5) is 13.2 Å². The van der Waals surface area contributed by atoms with Crippen LogP contribution >= 0.6 is 0 Å². The van der Waals surface area contributed by atoms with Crippen molar-refractivity contribution < 1.29 is 22.8 Å². The van der Waals surface area contributed by atoms with E-state index in [0.29, 0.717) is 0 Å². The second kappa shape index (κ2) is 4.92. The van der Waals surface area contributed by atoms with E-state index in [9.17, 15) is 22.8 Å². The molecule has 0 saturated carbocycles. The summed E-state index contributed by atoms with van der Waals surface area (Å²) in [4.78, 5) is 24.7. The van der Waals surface area contributed by atoms with Crippen molar-refractivity contribution in [2.24, 2.45) is 11.8 Å². The predicted octanol–water partition coefficient (Wildman–Crippen LogP) is 2.85. The van der Waals surface area contributed by atoms with Crippen LogP contribution in [0.25, 0.3) is 0 Å². The monoisotopic (exact) mass is 285 g/mol. The van der Waals surface area contributed by atoms with Gasteiger partial charge in [0.05, 0.1) is 12.1 Å². The largest absolute Gasteiger partial charge is 0.416 e. The SMILES string of the molecule is CC1C(=O)N(Cc2ccccc2C(F)(F)F)C(=O)C1C. The first-order valence-electron chi connectivity index (χ1n) is 6.23. The molecule has 3 nitrogen and oxygen atoms in total. The molecule has 1 aliphatic rings. The number of halogens is 3. The smallest absolute Gasteiger partial charge is 0.278 e. The van der Waals surface area contributed by atoms with Crippen molar-refractivity contribution in [2.45, 2.75) is 26.6 Å². The van der Waals surface area contributed by atoms with Crippen LogP contribution in [0.1, 0.15) is 25.0 Å². The molecule has 2 unspecified atom stereocenters. The van der Waals surface area contributed by atoms with Crippen molar-refractivity contribution in [1.82, 2.24) is 4.90 Å². The molecule has 0 spiro atoms. The van der Waals surface area contributed by atoms with E-state index in [1.54, 1.807) is 13.8 Å². The maximum absolute atomic E-state index is 12.9. The molecule has 0 aliphatic carbocycles. The van der Waals surface area contributed by atoms with Crippen LogP contribution in [0.5, 0.6) is 0 Å². The van der Waals surface area contributed by atoms with E-state index < -0.39 is 35.4 Å². The topological polar surface area (TPSA) is 37.4 Å². The summed E-state index contributed by atoms with van der Waals surface area (Å²) in [5.41, 5.74) is -0.879. The minimum atomic E-state index is -4.50. The maximum atomic E-state index is 12.9. The Labute approximate surface area is 114 Å². The average molecular weight is 285 g/mol. The first-order chi connectivity index (χ1) is 9.23. The predicted molar refractivity (Wildman–Crippen MR) is 65.3 cm³/mol. The lowest BCUT2D eigenvalue weighted by molar-refractivity contribution is -0.143. The fraction of sp³-hybridized carbons (Fsp3) is 0.429. The van der Waals surface area contributed by atoms with Crippen molar-refractivity contribution in [3.8, 4) is 0 Å². The van der Waals surface area contributed by atoms with E-state index in [1.807, 2.05) is 0 Å². The lowest BCUT2D eigenvalue weighted by Crippen LogP contribution is -2.31. The lowest BCUT2D eigenvalue weighted by atomic mass is 10.00. The zero-order chi connectivity index (χ0) is 15.1. The van der Waals surface area contributed by atoms with Gasteiger partial charge in [-0.1, -0.05) is 32.0 Å². The maximum Gasteiger partial charge on any atom is 0.416 e. The lowest BCUT2D eigenvalue weighted by Gasteiger charge is -2.18. The van der Waals surface area contributed by atoms with Crippen LogP contribution in [0, 0.1) is 11.8 Å². The van der Waals surface area contributed by atoms with Crippen LogP contribution in [-0.2, 0) is 22.3 Å². The summed E-state index contributed by atoms with van der Waals surface area (Å²) >= 11 is 0. The Bertz CT molecular complexity index is 534. The number of amides is 2. The fourth-order valence-electron chi connectivity index (χ4n) is 2.29. The van der Waals surface area contributed by atoms with Gasteiger partial charge in [-0.2, -0.15) is 13.2 Å². The average Bonchev–Trinajstić information content (AvgIpc) is 2.56.